The third-order valence-electron chi connectivity index (χ3n) is 6.88. The zero-order valence-electron chi connectivity index (χ0n) is 20.7. The first-order valence-electron chi connectivity index (χ1n) is 12.5. The standard InChI is InChI=1S/C33H21IN4O/c34-30-29(26-11-5-6-12-28(26)39-30)27(19-35)33-37-31(24-15-13-20-7-1-3-9-22(20)17-24)36-32(38-33)25-16-14-21-8-2-4-10-23(21)18-25/h1-19H,35H2/b27-19+. The summed E-state index contributed by atoms with van der Waals surface area (Å²) in [4.78, 5) is 14.9. The fourth-order valence-corrected chi connectivity index (χ4v) is 5.77. The van der Waals surface area contributed by atoms with Gasteiger partial charge in [0.1, 0.15) is 5.58 Å². The molecule has 5 nitrogen and oxygen atoms in total. The van der Waals surface area contributed by atoms with Gasteiger partial charge in [0, 0.05) is 56.4 Å². The first-order chi connectivity index (χ1) is 19.2. The molecule has 0 unspecified atom stereocenters. The molecule has 0 aliphatic heterocycles. The molecule has 0 aliphatic rings. The lowest BCUT2D eigenvalue weighted by molar-refractivity contribution is 0.582. The van der Waals surface area contributed by atoms with Crippen LogP contribution in [0.5, 0.6) is 0 Å². The molecular weight excluding hydrogens is 595 g/mol. The fourth-order valence-electron chi connectivity index (χ4n) is 4.95. The maximum atomic E-state index is 6.27. The largest absolute Gasteiger partial charge is 0.450 e. The second kappa shape index (κ2) is 9.63. The molecular formula is C33H21IN4O. The monoisotopic (exact) mass is 616 g/mol. The number of hydrogen-bond donors (Lipinski definition) is 1. The zero-order chi connectivity index (χ0) is 26.3. The lowest BCUT2D eigenvalue weighted by atomic mass is 10.0. The van der Waals surface area contributed by atoms with Crippen LogP contribution in [-0.4, -0.2) is 15.0 Å². The molecule has 7 aromatic rings. The number of halogens is 1. The molecule has 0 amide bonds. The van der Waals surface area contributed by atoms with Crippen molar-refractivity contribution in [1.82, 2.24) is 15.0 Å². The van der Waals surface area contributed by atoms with Crippen LogP contribution in [0.1, 0.15) is 11.4 Å². The quantitative estimate of drug-likeness (QED) is 0.202. The second-order valence-electron chi connectivity index (χ2n) is 9.26. The molecule has 0 bridgehead atoms. The van der Waals surface area contributed by atoms with Gasteiger partial charge in [-0.3, -0.25) is 0 Å². The Balaban J connectivity index is 1.47. The van der Waals surface area contributed by atoms with Crippen molar-refractivity contribution in [3.63, 3.8) is 0 Å². The van der Waals surface area contributed by atoms with Crippen molar-refractivity contribution in [3.05, 3.63) is 131 Å². The summed E-state index contributed by atoms with van der Waals surface area (Å²) in [5, 5.41) is 5.52. The van der Waals surface area contributed by atoms with E-state index in [1.807, 2.05) is 48.5 Å². The molecule has 0 aliphatic carbocycles. The van der Waals surface area contributed by atoms with Gasteiger partial charge in [0.25, 0.3) is 0 Å². The Morgan fingerprint density at radius 2 is 1.18 bits per heavy atom. The SMILES string of the molecule is N/C=C(/c1nc(-c2ccc3ccccc3c2)nc(-c2ccc3ccccc3c2)n1)c1c(I)oc2ccccc12. The van der Waals surface area contributed by atoms with Crippen LogP contribution in [0, 0.1) is 3.77 Å². The predicted octanol–water partition coefficient (Wildman–Crippen LogP) is 8.21. The van der Waals surface area contributed by atoms with Gasteiger partial charge in [-0.2, -0.15) is 0 Å². The molecule has 5 aromatic carbocycles. The van der Waals surface area contributed by atoms with E-state index in [9.17, 15) is 0 Å². The lowest BCUT2D eigenvalue weighted by Crippen LogP contribution is -2.05. The summed E-state index contributed by atoms with van der Waals surface area (Å²) in [7, 11) is 0. The number of nitrogens with zero attached hydrogens (tertiary/aromatic N) is 3. The van der Waals surface area contributed by atoms with Gasteiger partial charge in [0.05, 0.1) is 0 Å². The zero-order valence-corrected chi connectivity index (χ0v) is 22.8. The molecule has 0 radical (unpaired) electrons. The normalized spacial score (nSPS) is 12.0. The summed E-state index contributed by atoms with van der Waals surface area (Å²) in [6, 6.07) is 36.9. The van der Waals surface area contributed by atoms with E-state index < -0.39 is 0 Å². The predicted molar refractivity (Wildman–Crippen MR) is 166 cm³/mol. The van der Waals surface area contributed by atoms with Crippen LogP contribution < -0.4 is 5.73 Å². The number of benzene rings is 5. The minimum atomic E-state index is 0.489. The van der Waals surface area contributed by atoms with E-state index in [4.69, 9.17) is 25.1 Å². The molecule has 7 rings (SSSR count). The lowest BCUT2D eigenvalue weighted by Gasteiger charge is -2.11. The highest BCUT2D eigenvalue weighted by atomic mass is 127. The Bertz CT molecular complexity index is 1960. The van der Waals surface area contributed by atoms with Crippen molar-refractivity contribution in [1.29, 1.82) is 0 Å². The van der Waals surface area contributed by atoms with Gasteiger partial charge < -0.3 is 10.2 Å². The van der Waals surface area contributed by atoms with E-state index >= 15 is 0 Å². The maximum absolute atomic E-state index is 6.27. The molecule has 6 heteroatoms. The van der Waals surface area contributed by atoms with Crippen molar-refractivity contribution in [2.45, 2.75) is 0 Å². The fraction of sp³-hybridized carbons (Fsp3) is 0. The van der Waals surface area contributed by atoms with E-state index in [2.05, 4.69) is 83.3 Å². The number of fused-ring (bicyclic) bond motifs is 3. The number of aromatic nitrogens is 3. The highest BCUT2D eigenvalue weighted by Gasteiger charge is 2.21. The first kappa shape index (κ1) is 23.5. The Kier molecular flexibility index (Phi) is 5.82. The molecule has 2 aromatic heterocycles. The molecule has 0 atom stereocenters. The minimum absolute atomic E-state index is 0.489. The molecule has 0 saturated carbocycles. The summed E-state index contributed by atoms with van der Waals surface area (Å²) >= 11 is 2.20. The van der Waals surface area contributed by atoms with E-state index in [-0.39, 0.29) is 0 Å². The first-order valence-corrected chi connectivity index (χ1v) is 13.6. The van der Waals surface area contributed by atoms with Gasteiger partial charge in [-0.1, -0.05) is 91.0 Å². The van der Waals surface area contributed by atoms with Crippen LogP contribution in [0.2, 0.25) is 0 Å². The summed E-state index contributed by atoms with van der Waals surface area (Å²) < 4.78 is 6.78. The second-order valence-corrected chi connectivity index (χ2v) is 10.2. The van der Waals surface area contributed by atoms with Crippen LogP contribution in [0.25, 0.3) is 60.9 Å². The van der Waals surface area contributed by atoms with Crippen LogP contribution in [0.3, 0.4) is 0 Å². The van der Waals surface area contributed by atoms with Crippen LogP contribution >= 0.6 is 22.6 Å². The Labute approximate surface area is 238 Å². The van der Waals surface area contributed by atoms with Gasteiger partial charge in [-0.25, -0.2) is 15.0 Å². The summed E-state index contributed by atoms with van der Waals surface area (Å²) in [6.45, 7) is 0. The molecule has 2 heterocycles. The number of furan rings is 1. The van der Waals surface area contributed by atoms with Crippen molar-refractivity contribution < 1.29 is 4.42 Å². The van der Waals surface area contributed by atoms with Crippen molar-refractivity contribution in [3.8, 4) is 22.8 Å². The number of para-hydroxylation sites is 1. The van der Waals surface area contributed by atoms with Gasteiger partial charge in [-0.05, 0) is 39.7 Å². The third-order valence-corrected chi connectivity index (χ3v) is 7.64. The van der Waals surface area contributed by atoms with E-state index in [1.54, 1.807) is 6.20 Å². The average molecular weight is 616 g/mol. The molecule has 0 fully saturated rings. The van der Waals surface area contributed by atoms with E-state index in [0.717, 1.165) is 53.0 Å². The molecule has 186 valence electrons. The average Bonchev–Trinajstić information content (AvgIpc) is 3.32. The summed E-state index contributed by atoms with van der Waals surface area (Å²) in [5.41, 5.74) is 10.4. The smallest absolute Gasteiger partial charge is 0.173 e. The molecule has 39 heavy (non-hydrogen) atoms. The van der Waals surface area contributed by atoms with Crippen molar-refractivity contribution in [2.24, 2.45) is 5.73 Å². The van der Waals surface area contributed by atoms with Gasteiger partial charge in [0.2, 0.25) is 0 Å². The summed E-state index contributed by atoms with van der Waals surface area (Å²) in [6.07, 6.45) is 1.56. The maximum Gasteiger partial charge on any atom is 0.173 e. The highest BCUT2D eigenvalue weighted by molar-refractivity contribution is 14.1. The van der Waals surface area contributed by atoms with Gasteiger partial charge >= 0.3 is 0 Å². The van der Waals surface area contributed by atoms with Crippen LogP contribution in [0.15, 0.2) is 120 Å². The van der Waals surface area contributed by atoms with Crippen molar-refractivity contribution >= 4 is 60.7 Å². The number of rotatable bonds is 4. The van der Waals surface area contributed by atoms with Crippen LogP contribution in [-0.2, 0) is 0 Å². The summed E-state index contributed by atoms with van der Waals surface area (Å²) in [5.74, 6) is 1.65. The Morgan fingerprint density at radius 3 is 1.77 bits per heavy atom. The molecule has 2 N–H and O–H groups in total. The van der Waals surface area contributed by atoms with E-state index in [1.165, 1.54) is 0 Å². The van der Waals surface area contributed by atoms with Gasteiger partial charge in [0.15, 0.2) is 21.2 Å². The third kappa shape index (κ3) is 4.23. The Morgan fingerprint density at radius 1 is 0.641 bits per heavy atom. The topological polar surface area (TPSA) is 77.8 Å². The van der Waals surface area contributed by atoms with Crippen molar-refractivity contribution in [2.75, 3.05) is 0 Å². The van der Waals surface area contributed by atoms with Crippen LogP contribution in [0.4, 0.5) is 0 Å². The molecule has 0 saturated heterocycles. The minimum Gasteiger partial charge on any atom is -0.450 e. The Hall–Kier alpha value is -4.56. The number of nitrogens with two attached hydrogens (primary N) is 1. The van der Waals surface area contributed by atoms with Gasteiger partial charge in [-0.15, -0.1) is 0 Å². The number of hydrogen-bond acceptors (Lipinski definition) is 5. The molecule has 0 spiro atoms. The van der Waals surface area contributed by atoms with E-state index in [0.29, 0.717) is 23.0 Å². The highest BCUT2D eigenvalue weighted by Crippen LogP contribution is 2.36.